The van der Waals surface area contributed by atoms with Crippen molar-refractivity contribution in [3.8, 4) is 28.4 Å². The number of methoxy groups -OCH3 is 1. The van der Waals surface area contributed by atoms with Crippen LogP contribution in [0.5, 0.6) is 17.2 Å². The summed E-state index contributed by atoms with van der Waals surface area (Å²) in [6.07, 6.45) is 1.80. The molecule has 0 spiro atoms. The molecule has 1 aliphatic carbocycles. The largest absolute Gasteiger partial charge is 0.496 e. The maximum Gasteiger partial charge on any atom is 0.198 e. The van der Waals surface area contributed by atoms with E-state index in [1.807, 2.05) is 30.3 Å². The molecule has 0 radical (unpaired) electrons. The average molecular weight is 497 g/mol. The number of fused-ring (bicyclic) bond motifs is 3. The molecule has 8 nitrogen and oxygen atoms in total. The van der Waals surface area contributed by atoms with Crippen molar-refractivity contribution in [1.29, 1.82) is 0 Å². The Morgan fingerprint density at radius 1 is 0.722 bits per heavy atom. The van der Waals surface area contributed by atoms with Gasteiger partial charge in [-0.2, -0.15) is 0 Å². The van der Waals surface area contributed by atoms with Gasteiger partial charge in [-0.25, -0.2) is 0 Å². The number of hydrogen-bond donors (Lipinski definition) is 0. The van der Waals surface area contributed by atoms with Gasteiger partial charge in [0.1, 0.15) is 17.2 Å². The Bertz CT molecular complexity index is 1050. The third-order valence-corrected chi connectivity index (χ3v) is 7.06. The number of carbonyl (C=O) groups is 1. The first-order valence-corrected chi connectivity index (χ1v) is 13.0. The second kappa shape index (κ2) is 12.1. The molecule has 0 aromatic heterocycles. The van der Waals surface area contributed by atoms with Crippen LogP contribution in [0.1, 0.15) is 28.8 Å². The SMILES string of the molecule is COc1ccc(OCCCN2CCOCC2)c2c1-c1c(OCCCN3CCOCC3)cccc1C2=O. The second-order valence-corrected chi connectivity index (χ2v) is 9.34. The fourth-order valence-corrected chi connectivity index (χ4v) is 5.15. The van der Waals surface area contributed by atoms with Crippen LogP contribution < -0.4 is 14.2 Å². The molecule has 5 rings (SSSR count). The number of ether oxygens (including phenoxy) is 5. The van der Waals surface area contributed by atoms with Crippen LogP contribution in [0.15, 0.2) is 30.3 Å². The van der Waals surface area contributed by atoms with Crippen LogP contribution in [0.4, 0.5) is 0 Å². The minimum atomic E-state index is -0.0409. The normalized spacial score (nSPS) is 18.1. The highest BCUT2D eigenvalue weighted by Crippen LogP contribution is 2.50. The van der Waals surface area contributed by atoms with Crippen molar-refractivity contribution in [1.82, 2.24) is 9.80 Å². The molecule has 2 aliphatic heterocycles. The van der Waals surface area contributed by atoms with Crippen molar-refractivity contribution in [2.45, 2.75) is 12.8 Å². The van der Waals surface area contributed by atoms with E-state index in [9.17, 15) is 4.79 Å². The van der Waals surface area contributed by atoms with Gasteiger partial charge in [-0.3, -0.25) is 14.6 Å². The van der Waals surface area contributed by atoms with Gasteiger partial charge in [0.2, 0.25) is 0 Å². The quantitative estimate of drug-likeness (QED) is 0.375. The molecule has 2 aromatic rings. The monoisotopic (exact) mass is 496 g/mol. The Balaban J connectivity index is 1.28. The highest BCUT2D eigenvalue weighted by atomic mass is 16.5. The number of carbonyl (C=O) groups excluding carboxylic acids is 1. The molecular weight excluding hydrogens is 460 g/mol. The van der Waals surface area contributed by atoms with E-state index in [0.717, 1.165) is 89.7 Å². The van der Waals surface area contributed by atoms with Gasteiger partial charge in [0.25, 0.3) is 0 Å². The van der Waals surface area contributed by atoms with Crippen molar-refractivity contribution in [2.24, 2.45) is 0 Å². The van der Waals surface area contributed by atoms with Gasteiger partial charge >= 0.3 is 0 Å². The van der Waals surface area contributed by atoms with Gasteiger partial charge in [-0.15, -0.1) is 0 Å². The highest BCUT2D eigenvalue weighted by Gasteiger charge is 2.35. The Morgan fingerprint density at radius 3 is 1.86 bits per heavy atom. The first kappa shape index (κ1) is 25.0. The van der Waals surface area contributed by atoms with Crippen LogP contribution in [0.25, 0.3) is 11.1 Å². The molecule has 194 valence electrons. The molecule has 0 bridgehead atoms. The molecule has 0 saturated carbocycles. The van der Waals surface area contributed by atoms with Crippen molar-refractivity contribution in [2.75, 3.05) is 86.0 Å². The highest BCUT2D eigenvalue weighted by molar-refractivity contribution is 6.25. The average Bonchev–Trinajstić information content (AvgIpc) is 3.24. The maximum absolute atomic E-state index is 13.5. The number of hydrogen-bond acceptors (Lipinski definition) is 8. The summed E-state index contributed by atoms with van der Waals surface area (Å²) < 4.78 is 28.9. The minimum absolute atomic E-state index is 0.0409. The predicted molar refractivity (Wildman–Crippen MR) is 137 cm³/mol. The molecular formula is C28H36N2O6. The van der Waals surface area contributed by atoms with Crippen LogP contribution in [0, 0.1) is 0 Å². The Kier molecular flexibility index (Phi) is 8.38. The summed E-state index contributed by atoms with van der Waals surface area (Å²) in [5.74, 6) is 1.93. The zero-order chi connectivity index (χ0) is 24.7. The number of nitrogens with zero attached hydrogens (tertiary/aromatic N) is 2. The zero-order valence-electron chi connectivity index (χ0n) is 21.1. The Hall–Kier alpha value is -2.65. The fourth-order valence-electron chi connectivity index (χ4n) is 5.15. The lowest BCUT2D eigenvalue weighted by atomic mass is 10.0. The standard InChI is InChI=1S/C28H36N2O6/c1-32-22-7-8-24(36-16-4-10-30-13-19-34-20-14-30)27-26(22)25-21(28(27)31)5-2-6-23(25)35-15-3-9-29-11-17-33-18-12-29/h2,5-8H,3-4,9-20H2,1H3. The molecule has 2 heterocycles. The summed E-state index contributed by atoms with van der Waals surface area (Å²) in [5.41, 5.74) is 2.78. The maximum atomic E-state index is 13.5. The van der Waals surface area contributed by atoms with Gasteiger partial charge in [0.15, 0.2) is 5.78 Å². The van der Waals surface area contributed by atoms with Crippen molar-refractivity contribution in [3.63, 3.8) is 0 Å². The van der Waals surface area contributed by atoms with Crippen molar-refractivity contribution in [3.05, 3.63) is 41.5 Å². The van der Waals surface area contributed by atoms with E-state index < -0.39 is 0 Å². The van der Waals surface area contributed by atoms with Crippen LogP contribution in [-0.2, 0) is 9.47 Å². The van der Waals surface area contributed by atoms with Crippen LogP contribution in [-0.4, -0.2) is 102 Å². The molecule has 8 heteroatoms. The van der Waals surface area contributed by atoms with E-state index in [-0.39, 0.29) is 5.78 Å². The van der Waals surface area contributed by atoms with E-state index in [0.29, 0.717) is 41.6 Å². The molecule has 0 N–H and O–H groups in total. The molecule has 0 atom stereocenters. The van der Waals surface area contributed by atoms with Crippen molar-refractivity contribution >= 4 is 5.78 Å². The fraction of sp³-hybridized carbons (Fsp3) is 0.536. The molecule has 36 heavy (non-hydrogen) atoms. The smallest absolute Gasteiger partial charge is 0.198 e. The van der Waals surface area contributed by atoms with Gasteiger partial charge < -0.3 is 23.7 Å². The predicted octanol–water partition coefficient (Wildman–Crippen LogP) is 3.11. The van der Waals surface area contributed by atoms with Gasteiger partial charge in [-0.1, -0.05) is 12.1 Å². The van der Waals surface area contributed by atoms with Gasteiger partial charge in [-0.05, 0) is 31.0 Å². The Labute approximate surface area is 213 Å². The van der Waals surface area contributed by atoms with Crippen LogP contribution in [0.2, 0.25) is 0 Å². The van der Waals surface area contributed by atoms with E-state index in [1.54, 1.807) is 7.11 Å². The molecule has 2 aromatic carbocycles. The third kappa shape index (κ3) is 5.52. The summed E-state index contributed by atoms with van der Waals surface area (Å²) in [6, 6.07) is 9.41. The van der Waals surface area contributed by atoms with Crippen molar-refractivity contribution < 1.29 is 28.5 Å². The molecule has 0 amide bonds. The first-order valence-electron chi connectivity index (χ1n) is 13.0. The number of rotatable bonds is 11. The number of ketones is 1. The van der Waals surface area contributed by atoms with Crippen LogP contribution in [0.3, 0.4) is 0 Å². The lowest BCUT2D eigenvalue weighted by Gasteiger charge is -2.26. The lowest BCUT2D eigenvalue weighted by Crippen LogP contribution is -2.37. The zero-order valence-corrected chi connectivity index (χ0v) is 21.1. The summed E-state index contributed by atoms with van der Waals surface area (Å²) in [7, 11) is 1.63. The summed E-state index contributed by atoms with van der Waals surface area (Å²) in [5, 5.41) is 0. The molecule has 2 saturated heterocycles. The van der Waals surface area contributed by atoms with E-state index >= 15 is 0 Å². The lowest BCUT2D eigenvalue weighted by molar-refractivity contribution is 0.0357. The molecule has 0 unspecified atom stereocenters. The van der Waals surface area contributed by atoms with E-state index in [4.69, 9.17) is 23.7 Å². The van der Waals surface area contributed by atoms with E-state index in [2.05, 4.69) is 9.80 Å². The number of benzene rings is 2. The Morgan fingerprint density at radius 2 is 1.28 bits per heavy atom. The summed E-state index contributed by atoms with van der Waals surface area (Å²) >= 11 is 0. The van der Waals surface area contributed by atoms with Gasteiger partial charge in [0, 0.05) is 56.0 Å². The summed E-state index contributed by atoms with van der Waals surface area (Å²) in [4.78, 5) is 18.3. The third-order valence-electron chi connectivity index (χ3n) is 7.06. The summed E-state index contributed by atoms with van der Waals surface area (Å²) in [6.45, 7) is 10.1. The minimum Gasteiger partial charge on any atom is -0.496 e. The first-order chi connectivity index (χ1) is 17.8. The second-order valence-electron chi connectivity index (χ2n) is 9.34. The van der Waals surface area contributed by atoms with Gasteiger partial charge in [0.05, 0.1) is 52.3 Å². The van der Waals surface area contributed by atoms with E-state index in [1.165, 1.54) is 0 Å². The van der Waals surface area contributed by atoms with Crippen LogP contribution >= 0.6 is 0 Å². The number of morpholine rings is 2. The molecule has 2 fully saturated rings. The molecule has 3 aliphatic rings. The topological polar surface area (TPSA) is 69.7 Å².